The molecule has 0 spiro atoms. The molecule has 4 bridgehead atoms. The van der Waals surface area contributed by atoms with E-state index in [1.807, 2.05) is 17.0 Å². The van der Waals surface area contributed by atoms with E-state index in [2.05, 4.69) is 19.1 Å². The van der Waals surface area contributed by atoms with Gasteiger partial charge >= 0.3 is 6.09 Å². The Morgan fingerprint density at radius 3 is 2.04 bits per heavy atom. The summed E-state index contributed by atoms with van der Waals surface area (Å²) in [6.07, 6.45) is 10.5. The van der Waals surface area contributed by atoms with E-state index in [1.54, 1.807) is 0 Å². The number of likely N-dealkylation sites (tertiary alicyclic amines) is 1. The summed E-state index contributed by atoms with van der Waals surface area (Å²) in [5, 5.41) is 0. The van der Waals surface area contributed by atoms with Gasteiger partial charge in [0.1, 0.15) is 5.75 Å². The van der Waals surface area contributed by atoms with Gasteiger partial charge in [0.05, 0.1) is 0 Å². The number of hydrogen-bond acceptors (Lipinski definition) is 2. The molecule has 4 aliphatic carbocycles. The highest BCUT2D eigenvalue weighted by Gasteiger charge is 2.51. The minimum absolute atomic E-state index is 0.181. The largest absolute Gasteiger partial charge is 0.415 e. The molecule has 1 heterocycles. The molecule has 140 valence electrons. The van der Waals surface area contributed by atoms with Gasteiger partial charge in [0.15, 0.2) is 0 Å². The van der Waals surface area contributed by atoms with Gasteiger partial charge in [-0.2, -0.15) is 0 Å². The first-order chi connectivity index (χ1) is 12.6. The second-order valence-electron chi connectivity index (χ2n) is 9.76. The SMILES string of the molecule is CC1CCN(C(=O)Oc2ccc(C34CC5CC(CC(C5)C3)C4)cc2)CC1. The highest BCUT2D eigenvalue weighted by molar-refractivity contribution is 5.70. The van der Waals surface area contributed by atoms with Crippen LogP contribution in [0.25, 0.3) is 0 Å². The normalized spacial score (nSPS) is 36.3. The third-order valence-electron chi connectivity index (χ3n) is 7.75. The number of hydrogen-bond donors (Lipinski definition) is 0. The van der Waals surface area contributed by atoms with Crippen LogP contribution >= 0.6 is 0 Å². The third-order valence-corrected chi connectivity index (χ3v) is 7.75. The molecule has 26 heavy (non-hydrogen) atoms. The van der Waals surface area contributed by atoms with E-state index in [-0.39, 0.29) is 6.09 Å². The van der Waals surface area contributed by atoms with Gasteiger partial charge in [0, 0.05) is 13.1 Å². The van der Waals surface area contributed by atoms with Crippen molar-refractivity contribution < 1.29 is 9.53 Å². The molecule has 1 aromatic carbocycles. The van der Waals surface area contributed by atoms with Crippen LogP contribution in [0.1, 0.15) is 63.9 Å². The van der Waals surface area contributed by atoms with Gasteiger partial charge in [0.2, 0.25) is 0 Å². The van der Waals surface area contributed by atoms with Gasteiger partial charge in [0.25, 0.3) is 0 Å². The minimum Gasteiger partial charge on any atom is -0.410 e. The van der Waals surface area contributed by atoms with E-state index in [0.717, 1.165) is 49.6 Å². The average Bonchev–Trinajstić information content (AvgIpc) is 2.61. The summed E-state index contributed by atoms with van der Waals surface area (Å²) in [5.41, 5.74) is 1.91. The number of carbonyl (C=O) groups is 1. The number of piperidine rings is 1. The molecule has 6 rings (SSSR count). The summed E-state index contributed by atoms with van der Waals surface area (Å²) in [5.74, 6) is 4.29. The highest BCUT2D eigenvalue weighted by atomic mass is 16.6. The van der Waals surface area contributed by atoms with Crippen molar-refractivity contribution in [2.75, 3.05) is 13.1 Å². The molecular formula is C23H31NO2. The summed E-state index contributed by atoms with van der Waals surface area (Å²) in [7, 11) is 0. The monoisotopic (exact) mass is 353 g/mol. The lowest BCUT2D eigenvalue weighted by Crippen LogP contribution is -2.48. The fourth-order valence-electron chi connectivity index (χ4n) is 6.70. The van der Waals surface area contributed by atoms with E-state index >= 15 is 0 Å². The van der Waals surface area contributed by atoms with E-state index < -0.39 is 0 Å². The Morgan fingerprint density at radius 1 is 0.962 bits per heavy atom. The maximum Gasteiger partial charge on any atom is 0.415 e. The summed E-state index contributed by atoms with van der Waals surface area (Å²) in [6.45, 7) is 3.91. The number of nitrogens with zero attached hydrogens (tertiary/aromatic N) is 1. The van der Waals surface area contributed by atoms with Gasteiger partial charge < -0.3 is 9.64 Å². The Morgan fingerprint density at radius 2 is 1.50 bits per heavy atom. The topological polar surface area (TPSA) is 29.5 Å². The fraction of sp³-hybridized carbons (Fsp3) is 0.696. The zero-order chi connectivity index (χ0) is 17.7. The first-order valence-corrected chi connectivity index (χ1v) is 10.7. The van der Waals surface area contributed by atoms with Crippen molar-refractivity contribution in [3.05, 3.63) is 29.8 Å². The fourth-order valence-corrected chi connectivity index (χ4v) is 6.70. The van der Waals surface area contributed by atoms with Crippen LogP contribution in [0.5, 0.6) is 5.75 Å². The van der Waals surface area contributed by atoms with E-state index in [1.165, 1.54) is 44.1 Å². The molecule has 0 N–H and O–H groups in total. The molecular weight excluding hydrogens is 322 g/mol. The predicted molar refractivity (Wildman–Crippen MR) is 102 cm³/mol. The Kier molecular flexibility index (Phi) is 4.02. The Labute approximate surface area is 157 Å². The van der Waals surface area contributed by atoms with Crippen molar-refractivity contribution >= 4 is 6.09 Å². The van der Waals surface area contributed by atoms with Crippen LogP contribution in [0.15, 0.2) is 24.3 Å². The molecule has 1 aliphatic heterocycles. The number of benzene rings is 1. The number of rotatable bonds is 2. The van der Waals surface area contributed by atoms with Crippen LogP contribution < -0.4 is 4.74 Å². The second kappa shape index (κ2) is 6.28. The molecule has 5 aliphatic rings. The number of carbonyl (C=O) groups excluding carboxylic acids is 1. The standard InChI is InChI=1S/C23H31NO2/c1-16-6-8-24(9-7-16)22(25)26-21-4-2-20(3-5-21)23-13-17-10-18(14-23)12-19(11-17)15-23/h2-5,16-19H,6-15H2,1H3. The van der Waals surface area contributed by atoms with Gasteiger partial charge in [-0.25, -0.2) is 4.79 Å². The molecule has 0 radical (unpaired) electrons. The molecule has 1 amide bonds. The Balaban J connectivity index is 1.27. The molecule has 0 aromatic heterocycles. The molecule has 3 heteroatoms. The van der Waals surface area contributed by atoms with Crippen molar-refractivity contribution in [1.29, 1.82) is 0 Å². The second-order valence-corrected chi connectivity index (χ2v) is 9.76. The van der Waals surface area contributed by atoms with E-state index in [4.69, 9.17) is 4.74 Å². The minimum atomic E-state index is -0.181. The summed E-state index contributed by atoms with van der Waals surface area (Å²) < 4.78 is 5.65. The summed E-state index contributed by atoms with van der Waals surface area (Å²) in [4.78, 5) is 14.2. The maximum atomic E-state index is 12.4. The molecule has 0 unspecified atom stereocenters. The van der Waals surface area contributed by atoms with Crippen molar-refractivity contribution in [2.24, 2.45) is 23.7 Å². The van der Waals surface area contributed by atoms with E-state index in [0.29, 0.717) is 11.2 Å². The van der Waals surface area contributed by atoms with Gasteiger partial charge in [-0.3, -0.25) is 0 Å². The van der Waals surface area contributed by atoms with Crippen LogP contribution in [-0.4, -0.2) is 24.1 Å². The van der Waals surface area contributed by atoms with Crippen molar-refractivity contribution in [3.8, 4) is 5.75 Å². The van der Waals surface area contributed by atoms with Crippen LogP contribution in [0, 0.1) is 23.7 Å². The van der Waals surface area contributed by atoms with E-state index in [9.17, 15) is 4.79 Å². The smallest absolute Gasteiger partial charge is 0.410 e. The van der Waals surface area contributed by atoms with Gasteiger partial charge in [-0.1, -0.05) is 19.1 Å². The molecule has 1 aromatic rings. The summed E-state index contributed by atoms with van der Waals surface area (Å²) >= 11 is 0. The predicted octanol–water partition coefficient (Wildman–Crippen LogP) is 5.39. The molecule has 0 atom stereocenters. The zero-order valence-corrected chi connectivity index (χ0v) is 16.0. The van der Waals surface area contributed by atoms with Crippen molar-refractivity contribution in [1.82, 2.24) is 4.90 Å². The zero-order valence-electron chi connectivity index (χ0n) is 16.0. The first-order valence-electron chi connectivity index (χ1n) is 10.7. The van der Waals surface area contributed by atoms with Crippen LogP contribution in [0.4, 0.5) is 4.79 Å². The van der Waals surface area contributed by atoms with Gasteiger partial charge in [-0.05, 0) is 98.1 Å². The maximum absolute atomic E-state index is 12.4. The van der Waals surface area contributed by atoms with Crippen molar-refractivity contribution in [2.45, 2.75) is 63.7 Å². The highest BCUT2D eigenvalue weighted by Crippen LogP contribution is 2.60. The van der Waals surface area contributed by atoms with Crippen LogP contribution in [0.2, 0.25) is 0 Å². The lowest BCUT2D eigenvalue weighted by Gasteiger charge is -2.57. The van der Waals surface area contributed by atoms with Crippen LogP contribution in [-0.2, 0) is 5.41 Å². The number of ether oxygens (including phenoxy) is 1. The molecule has 4 saturated carbocycles. The van der Waals surface area contributed by atoms with Gasteiger partial charge in [-0.15, -0.1) is 0 Å². The molecule has 1 saturated heterocycles. The quantitative estimate of drug-likeness (QED) is 0.714. The van der Waals surface area contributed by atoms with Crippen molar-refractivity contribution in [3.63, 3.8) is 0 Å². The molecule has 3 nitrogen and oxygen atoms in total. The first kappa shape index (κ1) is 16.6. The Bertz CT molecular complexity index is 637. The lowest BCUT2D eigenvalue weighted by atomic mass is 9.48. The number of amides is 1. The average molecular weight is 354 g/mol. The third kappa shape index (κ3) is 2.93. The van der Waals surface area contributed by atoms with Crippen LogP contribution in [0.3, 0.4) is 0 Å². The Hall–Kier alpha value is -1.51. The molecule has 5 fully saturated rings. The summed E-state index contributed by atoms with van der Waals surface area (Å²) in [6, 6.07) is 8.54. The lowest BCUT2D eigenvalue weighted by molar-refractivity contribution is -0.00519.